The predicted molar refractivity (Wildman–Crippen MR) is 61.8 cm³/mol. The lowest BCUT2D eigenvalue weighted by Gasteiger charge is -1.97. The Bertz CT molecular complexity index is 491. The van der Waals surface area contributed by atoms with Crippen LogP contribution in [0.2, 0.25) is 0 Å². The molecule has 0 spiro atoms. The van der Waals surface area contributed by atoms with E-state index in [1.807, 2.05) is 19.1 Å². The van der Waals surface area contributed by atoms with Crippen molar-refractivity contribution in [1.82, 2.24) is 9.97 Å². The van der Waals surface area contributed by atoms with Crippen molar-refractivity contribution in [3.63, 3.8) is 0 Å². The standard InChI is InChI=1S/C11H9BrN2O/c1-7-9(6-15)10(12)11(14-7)8-3-2-4-13-5-8/h2-6,14H,1H3. The fraction of sp³-hybridized carbons (Fsp3) is 0.0909. The highest BCUT2D eigenvalue weighted by Gasteiger charge is 2.13. The molecule has 2 heterocycles. The van der Waals surface area contributed by atoms with Gasteiger partial charge < -0.3 is 4.98 Å². The van der Waals surface area contributed by atoms with E-state index in [-0.39, 0.29) is 0 Å². The zero-order valence-electron chi connectivity index (χ0n) is 8.12. The summed E-state index contributed by atoms with van der Waals surface area (Å²) in [5.74, 6) is 0. The van der Waals surface area contributed by atoms with Crippen molar-refractivity contribution in [2.45, 2.75) is 6.92 Å². The van der Waals surface area contributed by atoms with Crippen molar-refractivity contribution in [1.29, 1.82) is 0 Å². The summed E-state index contributed by atoms with van der Waals surface area (Å²) in [6, 6.07) is 3.80. The molecule has 0 radical (unpaired) electrons. The number of halogens is 1. The van der Waals surface area contributed by atoms with Crippen LogP contribution in [0.25, 0.3) is 11.3 Å². The number of carbonyl (C=O) groups is 1. The third-order valence-electron chi connectivity index (χ3n) is 2.24. The molecule has 15 heavy (non-hydrogen) atoms. The molecular weight excluding hydrogens is 256 g/mol. The molecular formula is C11H9BrN2O. The van der Waals surface area contributed by atoms with Crippen molar-refractivity contribution in [3.05, 3.63) is 40.3 Å². The van der Waals surface area contributed by atoms with Gasteiger partial charge in [-0.25, -0.2) is 0 Å². The molecule has 3 nitrogen and oxygen atoms in total. The molecule has 2 aromatic rings. The van der Waals surface area contributed by atoms with E-state index in [0.717, 1.165) is 27.7 Å². The lowest BCUT2D eigenvalue weighted by molar-refractivity contribution is 0.112. The van der Waals surface area contributed by atoms with Crippen molar-refractivity contribution in [2.24, 2.45) is 0 Å². The first-order valence-corrected chi connectivity index (χ1v) is 5.27. The third kappa shape index (κ3) is 1.72. The van der Waals surface area contributed by atoms with E-state index in [4.69, 9.17) is 0 Å². The summed E-state index contributed by atoms with van der Waals surface area (Å²) in [4.78, 5) is 18.0. The number of H-pyrrole nitrogens is 1. The Labute approximate surface area is 95.7 Å². The summed E-state index contributed by atoms with van der Waals surface area (Å²) in [5.41, 5.74) is 3.37. The number of hydrogen-bond donors (Lipinski definition) is 1. The third-order valence-corrected chi connectivity index (χ3v) is 3.06. The molecule has 76 valence electrons. The molecule has 0 aromatic carbocycles. The van der Waals surface area contributed by atoms with Crippen LogP contribution in [0, 0.1) is 6.92 Å². The number of hydrogen-bond acceptors (Lipinski definition) is 2. The van der Waals surface area contributed by atoms with Gasteiger partial charge in [0, 0.05) is 29.2 Å². The molecule has 0 atom stereocenters. The molecule has 0 aliphatic heterocycles. The molecule has 0 saturated heterocycles. The van der Waals surface area contributed by atoms with Gasteiger partial charge in [0.25, 0.3) is 0 Å². The first kappa shape index (κ1) is 10.1. The van der Waals surface area contributed by atoms with E-state index in [1.165, 1.54) is 0 Å². The minimum atomic E-state index is 0.661. The van der Waals surface area contributed by atoms with E-state index in [1.54, 1.807) is 12.4 Å². The van der Waals surface area contributed by atoms with Crippen LogP contribution in [0.1, 0.15) is 16.1 Å². The van der Waals surface area contributed by atoms with Crippen LogP contribution in [-0.2, 0) is 0 Å². The smallest absolute Gasteiger partial charge is 0.153 e. The number of rotatable bonds is 2. The lowest BCUT2D eigenvalue weighted by atomic mass is 10.2. The van der Waals surface area contributed by atoms with Gasteiger partial charge in [0.1, 0.15) is 0 Å². The SMILES string of the molecule is Cc1[nH]c(-c2cccnc2)c(Br)c1C=O. The number of aryl methyl sites for hydroxylation is 1. The van der Waals surface area contributed by atoms with Gasteiger partial charge in [-0.15, -0.1) is 0 Å². The number of nitrogens with zero attached hydrogens (tertiary/aromatic N) is 1. The maximum atomic E-state index is 10.8. The molecule has 0 fully saturated rings. The molecule has 0 aliphatic carbocycles. The first-order valence-electron chi connectivity index (χ1n) is 4.47. The second-order valence-electron chi connectivity index (χ2n) is 3.21. The van der Waals surface area contributed by atoms with Crippen LogP contribution in [-0.4, -0.2) is 16.3 Å². The van der Waals surface area contributed by atoms with E-state index in [2.05, 4.69) is 25.9 Å². The van der Waals surface area contributed by atoms with Crippen LogP contribution in [0.4, 0.5) is 0 Å². The molecule has 1 N–H and O–H groups in total. The summed E-state index contributed by atoms with van der Waals surface area (Å²) < 4.78 is 0.794. The zero-order chi connectivity index (χ0) is 10.8. The minimum Gasteiger partial charge on any atom is -0.357 e. The number of aldehydes is 1. The van der Waals surface area contributed by atoms with Crippen LogP contribution in [0.15, 0.2) is 29.0 Å². The maximum Gasteiger partial charge on any atom is 0.153 e. The Balaban J connectivity index is 2.60. The molecule has 0 bridgehead atoms. The van der Waals surface area contributed by atoms with Gasteiger partial charge >= 0.3 is 0 Å². The zero-order valence-corrected chi connectivity index (χ0v) is 9.71. The normalized spacial score (nSPS) is 10.3. The van der Waals surface area contributed by atoms with Gasteiger partial charge in [0.05, 0.1) is 10.2 Å². The average Bonchev–Trinajstić information content (AvgIpc) is 2.55. The summed E-state index contributed by atoms with van der Waals surface area (Å²) >= 11 is 3.41. The number of pyridine rings is 1. The number of aromatic nitrogens is 2. The molecule has 2 rings (SSSR count). The Kier molecular flexibility index (Phi) is 2.68. The quantitative estimate of drug-likeness (QED) is 0.848. The predicted octanol–water partition coefficient (Wildman–Crippen LogP) is 2.96. The van der Waals surface area contributed by atoms with Gasteiger partial charge in [0.2, 0.25) is 0 Å². The van der Waals surface area contributed by atoms with Gasteiger partial charge in [-0.1, -0.05) is 0 Å². The summed E-state index contributed by atoms with van der Waals surface area (Å²) in [5, 5.41) is 0. The lowest BCUT2D eigenvalue weighted by Crippen LogP contribution is -1.80. The Hall–Kier alpha value is -1.42. The maximum absolute atomic E-state index is 10.8. The molecule has 0 saturated carbocycles. The van der Waals surface area contributed by atoms with Gasteiger partial charge in [-0.3, -0.25) is 9.78 Å². The largest absolute Gasteiger partial charge is 0.357 e. The van der Waals surface area contributed by atoms with Crippen LogP contribution >= 0.6 is 15.9 Å². The Morgan fingerprint density at radius 3 is 2.87 bits per heavy atom. The van der Waals surface area contributed by atoms with E-state index in [0.29, 0.717) is 5.56 Å². The fourth-order valence-corrected chi connectivity index (χ4v) is 2.18. The van der Waals surface area contributed by atoms with Crippen molar-refractivity contribution < 1.29 is 4.79 Å². The van der Waals surface area contributed by atoms with Crippen molar-refractivity contribution in [3.8, 4) is 11.3 Å². The highest BCUT2D eigenvalue weighted by atomic mass is 79.9. The molecule has 0 unspecified atom stereocenters. The Morgan fingerprint density at radius 1 is 1.53 bits per heavy atom. The highest BCUT2D eigenvalue weighted by Crippen LogP contribution is 2.31. The Morgan fingerprint density at radius 2 is 2.33 bits per heavy atom. The van der Waals surface area contributed by atoms with E-state index < -0.39 is 0 Å². The van der Waals surface area contributed by atoms with Crippen molar-refractivity contribution >= 4 is 22.2 Å². The van der Waals surface area contributed by atoms with Gasteiger partial charge in [0.15, 0.2) is 6.29 Å². The topological polar surface area (TPSA) is 45.8 Å². The number of carbonyl (C=O) groups excluding carboxylic acids is 1. The van der Waals surface area contributed by atoms with E-state index in [9.17, 15) is 4.79 Å². The van der Waals surface area contributed by atoms with E-state index >= 15 is 0 Å². The fourth-order valence-electron chi connectivity index (χ4n) is 1.46. The second kappa shape index (κ2) is 3.98. The minimum absolute atomic E-state index is 0.661. The summed E-state index contributed by atoms with van der Waals surface area (Å²) in [7, 11) is 0. The summed E-state index contributed by atoms with van der Waals surface area (Å²) in [6.45, 7) is 1.87. The highest BCUT2D eigenvalue weighted by molar-refractivity contribution is 9.10. The average molecular weight is 265 g/mol. The van der Waals surface area contributed by atoms with Gasteiger partial charge in [-0.2, -0.15) is 0 Å². The molecule has 2 aromatic heterocycles. The monoisotopic (exact) mass is 264 g/mol. The van der Waals surface area contributed by atoms with Crippen molar-refractivity contribution in [2.75, 3.05) is 0 Å². The van der Waals surface area contributed by atoms with Gasteiger partial charge in [-0.05, 0) is 35.0 Å². The molecule has 4 heteroatoms. The van der Waals surface area contributed by atoms with Crippen LogP contribution < -0.4 is 0 Å². The molecule has 0 amide bonds. The van der Waals surface area contributed by atoms with Crippen LogP contribution in [0.3, 0.4) is 0 Å². The first-order chi connectivity index (χ1) is 7.24. The van der Waals surface area contributed by atoms with Crippen LogP contribution in [0.5, 0.6) is 0 Å². The number of aromatic amines is 1. The second-order valence-corrected chi connectivity index (χ2v) is 4.01. The number of nitrogens with one attached hydrogen (secondary N) is 1. The molecule has 0 aliphatic rings. The summed E-state index contributed by atoms with van der Waals surface area (Å²) in [6.07, 6.45) is 4.31.